The Kier molecular flexibility index (Phi) is 6.26. The number of anilines is 4. The maximum Gasteiger partial charge on any atom is 0.265 e. The zero-order valence-corrected chi connectivity index (χ0v) is 19.8. The Bertz CT molecular complexity index is 1430. The number of rotatable bonds is 7. The van der Waals surface area contributed by atoms with Gasteiger partial charge in [0.05, 0.1) is 34.5 Å². The minimum Gasteiger partial charge on any atom is -0.497 e. The van der Waals surface area contributed by atoms with Crippen molar-refractivity contribution >= 4 is 55.7 Å². The number of sulfonamides is 1. The summed E-state index contributed by atoms with van der Waals surface area (Å²) in [6, 6.07) is 19.0. The molecule has 0 radical (unpaired) electrons. The van der Waals surface area contributed by atoms with Crippen LogP contribution in [0, 0.1) is 0 Å². The van der Waals surface area contributed by atoms with Crippen LogP contribution in [0.3, 0.4) is 0 Å². The quantitative estimate of drug-likeness (QED) is 0.385. The van der Waals surface area contributed by atoms with E-state index in [1.807, 2.05) is 12.1 Å². The van der Waals surface area contributed by atoms with Crippen LogP contribution in [0.15, 0.2) is 71.6 Å². The average Bonchev–Trinajstić information content (AvgIpc) is 2.80. The number of nitrogens with one attached hydrogen (secondary N) is 2. The highest BCUT2D eigenvalue weighted by molar-refractivity contribution is 7.92. The van der Waals surface area contributed by atoms with Gasteiger partial charge in [0, 0.05) is 20.2 Å². The predicted octanol–water partition coefficient (Wildman–Crippen LogP) is 4.90. The lowest BCUT2D eigenvalue weighted by molar-refractivity contribution is 0.415. The van der Waals surface area contributed by atoms with Crippen LogP contribution in [-0.4, -0.2) is 39.6 Å². The van der Waals surface area contributed by atoms with Gasteiger partial charge in [-0.3, -0.25) is 4.72 Å². The number of benzene rings is 3. The van der Waals surface area contributed by atoms with Crippen LogP contribution in [0.4, 0.5) is 23.0 Å². The van der Waals surface area contributed by atoms with E-state index in [9.17, 15) is 8.42 Å². The molecule has 0 saturated carbocycles. The summed E-state index contributed by atoms with van der Waals surface area (Å²) in [4.78, 5) is 11.0. The van der Waals surface area contributed by atoms with Gasteiger partial charge in [0.1, 0.15) is 10.6 Å². The normalized spacial score (nSPS) is 11.3. The fourth-order valence-electron chi connectivity index (χ4n) is 3.25. The lowest BCUT2D eigenvalue weighted by Gasteiger charge is -2.19. The third-order valence-corrected chi connectivity index (χ3v) is 6.58. The third-order valence-electron chi connectivity index (χ3n) is 4.86. The zero-order valence-electron chi connectivity index (χ0n) is 18.2. The molecular weight excluding hydrogens is 462 g/mol. The Hall–Kier alpha value is -3.56. The van der Waals surface area contributed by atoms with E-state index in [4.69, 9.17) is 16.3 Å². The van der Waals surface area contributed by atoms with E-state index in [0.717, 1.165) is 0 Å². The van der Waals surface area contributed by atoms with Gasteiger partial charge in [0.25, 0.3) is 10.0 Å². The Morgan fingerprint density at radius 3 is 2.21 bits per heavy atom. The van der Waals surface area contributed by atoms with Gasteiger partial charge in [-0.15, -0.1) is 0 Å². The van der Waals surface area contributed by atoms with Gasteiger partial charge in [-0.05, 0) is 36.4 Å². The van der Waals surface area contributed by atoms with Gasteiger partial charge >= 0.3 is 0 Å². The van der Waals surface area contributed by atoms with E-state index in [1.165, 1.54) is 6.07 Å². The molecule has 0 atom stereocenters. The first-order valence-corrected chi connectivity index (χ1v) is 11.8. The zero-order chi connectivity index (χ0) is 23.6. The van der Waals surface area contributed by atoms with Gasteiger partial charge < -0.3 is 15.0 Å². The third kappa shape index (κ3) is 4.79. The number of para-hydroxylation sites is 3. The standard InChI is InChI=1S/C23H22ClN5O3S/c1-29(2)20-10-6-7-11-21(20)33(30,31)28-23-22(25-17-8-4-5-9-18(17)26-23)27-19-14-15(32-3)12-13-16(19)24/h4-14H,1-3H3,(H,25,27)(H,26,28). The second kappa shape index (κ2) is 9.13. The van der Waals surface area contributed by atoms with Gasteiger partial charge in [-0.25, -0.2) is 18.4 Å². The smallest absolute Gasteiger partial charge is 0.265 e. The number of nitrogens with zero attached hydrogens (tertiary/aromatic N) is 3. The lowest BCUT2D eigenvalue weighted by atomic mass is 10.3. The van der Waals surface area contributed by atoms with Gasteiger partial charge in [-0.2, -0.15) is 0 Å². The summed E-state index contributed by atoms with van der Waals surface area (Å²) in [5.41, 5.74) is 2.17. The minimum absolute atomic E-state index is 0.0427. The number of ether oxygens (including phenoxy) is 1. The van der Waals surface area contributed by atoms with Gasteiger partial charge in [-0.1, -0.05) is 35.9 Å². The maximum absolute atomic E-state index is 13.4. The predicted molar refractivity (Wildman–Crippen MR) is 132 cm³/mol. The molecule has 4 rings (SSSR count). The number of hydrogen-bond acceptors (Lipinski definition) is 7. The van der Waals surface area contributed by atoms with E-state index >= 15 is 0 Å². The molecule has 8 nitrogen and oxygen atoms in total. The number of hydrogen-bond donors (Lipinski definition) is 2. The highest BCUT2D eigenvalue weighted by Crippen LogP contribution is 2.33. The van der Waals surface area contributed by atoms with Crippen molar-refractivity contribution in [3.8, 4) is 5.75 Å². The molecule has 1 heterocycles. The summed E-state index contributed by atoms with van der Waals surface area (Å²) >= 11 is 6.35. The fraction of sp³-hybridized carbons (Fsp3) is 0.130. The van der Waals surface area contributed by atoms with E-state index in [0.29, 0.717) is 33.2 Å². The molecule has 0 aliphatic rings. The fourth-order valence-corrected chi connectivity index (χ4v) is 4.70. The lowest BCUT2D eigenvalue weighted by Crippen LogP contribution is -2.20. The SMILES string of the molecule is COc1ccc(Cl)c(Nc2nc3ccccc3nc2NS(=O)(=O)c2ccccc2N(C)C)c1. The van der Waals surface area contributed by atoms with Crippen molar-refractivity contribution in [3.05, 3.63) is 71.8 Å². The molecule has 2 N–H and O–H groups in total. The van der Waals surface area contributed by atoms with Crippen LogP contribution in [0.5, 0.6) is 5.75 Å². The molecule has 0 amide bonds. The van der Waals surface area contributed by atoms with Crippen molar-refractivity contribution < 1.29 is 13.2 Å². The maximum atomic E-state index is 13.4. The van der Waals surface area contributed by atoms with Gasteiger partial charge in [0.15, 0.2) is 11.6 Å². The molecule has 0 aliphatic carbocycles. The van der Waals surface area contributed by atoms with Crippen LogP contribution in [0.25, 0.3) is 11.0 Å². The molecule has 3 aromatic carbocycles. The highest BCUT2D eigenvalue weighted by atomic mass is 35.5. The average molecular weight is 484 g/mol. The number of halogens is 1. The molecule has 0 aliphatic heterocycles. The number of methoxy groups -OCH3 is 1. The van der Waals surface area contributed by atoms with Crippen molar-refractivity contribution in [1.29, 1.82) is 0 Å². The van der Waals surface area contributed by atoms with Crippen molar-refractivity contribution in [2.24, 2.45) is 0 Å². The molecular formula is C23H22ClN5O3S. The Morgan fingerprint density at radius 2 is 1.55 bits per heavy atom. The second-order valence-corrected chi connectivity index (χ2v) is 9.41. The van der Waals surface area contributed by atoms with E-state index < -0.39 is 10.0 Å². The molecule has 0 bridgehead atoms. The Balaban J connectivity index is 1.82. The van der Waals surface area contributed by atoms with E-state index in [1.54, 1.807) is 74.6 Å². The molecule has 4 aromatic rings. The molecule has 170 valence electrons. The van der Waals surface area contributed by atoms with Crippen molar-refractivity contribution in [2.75, 3.05) is 36.1 Å². The van der Waals surface area contributed by atoms with Crippen molar-refractivity contribution in [3.63, 3.8) is 0 Å². The summed E-state index contributed by atoms with van der Waals surface area (Å²) in [5.74, 6) is 0.827. The first kappa shape index (κ1) is 22.6. The number of aromatic nitrogens is 2. The molecule has 1 aromatic heterocycles. The second-order valence-electron chi connectivity index (χ2n) is 7.35. The molecule has 0 saturated heterocycles. The summed E-state index contributed by atoms with van der Waals surface area (Å²) < 4.78 is 34.6. The Labute approximate surface area is 197 Å². The number of fused-ring (bicyclic) bond motifs is 1. The largest absolute Gasteiger partial charge is 0.497 e. The summed E-state index contributed by atoms with van der Waals surface area (Å²) in [6.07, 6.45) is 0. The Morgan fingerprint density at radius 1 is 0.909 bits per heavy atom. The van der Waals surface area contributed by atoms with Crippen LogP contribution in [0.1, 0.15) is 0 Å². The van der Waals surface area contributed by atoms with Crippen LogP contribution in [0.2, 0.25) is 5.02 Å². The molecule has 33 heavy (non-hydrogen) atoms. The molecule has 10 heteroatoms. The highest BCUT2D eigenvalue weighted by Gasteiger charge is 2.23. The minimum atomic E-state index is -3.99. The summed E-state index contributed by atoms with van der Waals surface area (Å²) in [6.45, 7) is 0. The first-order chi connectivity index (χ1) is 15.8. The van der Waals surface area contributed by atoms with Crippen molar-refractivity contribution in [1.82, 2.24) is 9.97 Å². The van der Waals surface area contributed by atoms with Crippen LogP contribution < -0.4 is 19.7 Å². The van der Waals surface area contributed by atoms with E-state index in [2.05, 4.69) is 20.0 Å². The first-order valence-electron chi connectivity index (χ1n) is 9.95. The summed E-state index contributed by atoms with van der Waals surface area (Å²) in [5, 5.41) is 3.51. The van der Waals surface area contributed by atoms with Crippen LogP contribution in [-0.2, 0) is 10.0 Å². The van der Waals surface area contributed by atoms with Crippen molar-refractivity contribution in [2.45, 2.75) is 4.90 Å². The van der Waals surface area contributed by atoms with E-state index in [-0.39, 0.29) is 16.5 Å². The topological polar surface area (TPSA) is 96.5 Å². The molecule has 0 fully saturated rings. The van der Waals surface area contributed by atoms with Crippen LogP contribution >= 0.6 is 11.6 Å². The molecule has 0 spiro atoms. The monoisotopic (exact) mass is 483 g/mol. The molecule has 0 unspecified atom stereocenters. The summed E-state index contributed by atoms with van der Waals surface area (Å²) in [7, 11) is 1.12. The van der Waals surface area contributed by atoms with Gasteiger partial charge in [0.2, 0.25) is 0 Å².